The number of hydrogen-bond acceptors (Lipinski definition) is 3. The summed E-state index contributed by atoms with van der Waals surface area (Å²) >= 11 is 0. The van der Waals surface area contributed by atoms with Crippen LogP contribution in [-0.4, -0.2) is 24.1 Å². The zero-order chi connectivity index (χ0) is 22.8. The molecule has 0 radical (unpaired) electrons. The van der Waals surface area contributed by atoms with E-state index in [1.807, 2.05) is 24.5 Å². The Morgan fingerprint density at radius 2 is 1.29 bits per heavy atom. The maximum Gasteiger partial charge on any atom is 0.141 e. The van der Waals surface area contributed by atoms with Crippen LogP contribution in [0.15, 0.2) is 79.1 Å². The van der Waals surface area contributed by atoms with Gasteiger partial charge in [-0.2, -0.15) is 0 Å². The first-order valence-corrected chi connectivity index (χ1v) is 11.8. The van der Waals surface area contributed by atoms with Gasteiger partial charge in [0.2, 0.25) is 0 Å². The van der Waals surface area contributed by atoms with Crippen molar-refractivity contribution in [3.63, 3.8) is 0 Å². The number of hydrogen-bond donors (Lipinski definition) is 0. The van der Waals surface area contributed by atoms with Crippen LogP contribution in [0.4, 0.5) is 0 Å². The number of aryl methyl sites for hydroxylation is 2. The molecule has 34 heavy (non-hydrogen) atoms. The molecular weight excluding hydrogens is 418 g/mol. The molecule has 0 unspecified atom stereocenters. The van der Waals surface area contributed by atoms with Crippen LogP contribution in [0.25, 0.3) is 66.0 Å². The summed E-state index contributed by atoms with van der Waals surface area (Å²) in [6.45, 7) is 6.14. The first-order chi connectivity index (χ1) is 16.8. The van der Waals surface area contributed by atoms with Crippen molar-refractivity contribution in [1.29, 1.82) is 0 Å². The van der Waals surface area contributed by atoms with Crippen molar-refractivity contribution in [3.8, 4) is 11.4 Å². The summed E-state index contributed by atoms with van der Waals surface area (Å²) in [7, 11) is 0. The van der Waals surface area contributed by atoms with Gasteiger partial charge in [-0.25, -0.2) is 4.98 Å². The van der Waals surface area contributed by atoms with E-state index in [9.17, 15) is 0 Å². The third-order valence-corrected chi connectivity index (χ3v) is 6.98. The number of imidazole rings is 1. The summed E-state index contributed by atoms with van der Waals surface area (Å²) in [5.74, 6) is 0.981. The van der Waals surface area contributed by atoms with Gasteiger partial charge in [0, 0.05) is 63.6 Å². The number of rotatable bonds is 3. The van der Waals surface area contributed by atoms with Crippen LogP contribution in [-0.2, 0) is 13.1 Å². The second-order valence-electron chi connectivity index (χ2n) is 8.67. The lowest BCUT2D eigenvalue weighted by Crippen LogP contribution is -1.99. The third kappa shape index (κ3) is 2.47. The van der Waals surface area contributed by atoms with Gasteiger partial charge in [-0.1, -0.05) is 18.2 Å². The molecule has 0 atom stereocenters. The summed E-state index contributed by atoms with van der Waals surface area (Å²) in [5, 5.41) is 4.68. The first kappa shape index (κ1) is 19.2. The molecule has 0 aliphatic carbocycles. The van der Waals surface area contributed by atoms with E-state index in [0.717, 1.165) is 57.3 Å². The van der Waals surface area contributed by atoms with E-state index in [1.54, 1.807) is 0 Å². The number of benzene rings is 3. The number of aromatic nitrogens is 5. The first-order valence-electron chi connectivity index (χ1n) is 11.8. The molecule has 0 bridgehead atoms. The number of nitrogens with zero attached hydrogens (tertiary/aromatic N) is 5. The van der Waals surface area contributed by atoms with Gasteiger partial charge in [0.05, 0.1) is 22.1 Å². The second kappa shape index (κ2) is 7.12. The summed E-state index contributed by atoms with van der Waals surface area (Å²) in [5.41, 5.74) is 7.59. The SMILES string of the molecule is CCn1c(-c2ccc3c(c2)c2ccccc2n3CC)nc2c3cccnc3c3ncccc3c21. The van der Waals surface area contributed by atoms with Crippen molar-refractivity contribution in [3.05, 3.63) is 79.1 Å². The standard InChI is InChI=1S/C29H23N5/c1-3-33-23-12-6-5-9-19(23)22-17-18(13-14-24(22)33)29-32-27-20-10-7-15-30-25(20)26-21(11-8-16-31-26)28(27)34(29)4-2/h5-17H,3-4H2,1-2H3. The van der Waals surface area contributed by atoms with Crippen LogP contribution in [0, 0.1) is 0 Å². The molecule has 3 aromatic carbocycles. The van der Waals surface area contributed by atoms with Crippen LogP contribution in [0.3, 0.4) is 0 Å². The van der Waals surface area contributed by atoms with E-state index in [2.05, 4.69) is 82.6 Å². The molecule has 0 spiro atoms. The van der Waals surface area contributed by atoms with Crippen molar-refractivity contribution >= 4 is 54.6 Å². The number of fused-ring (bicyclic) bond motifs is 9. The highest BCUT2D eigenvalue weighted by atomic mass is 15.1. The Balaban J connectivity index is 1.61. The highest BCUT2D eigenvalue weighted by Crippen LogP contribution is 2.37. The highest BCUT2D eigenvalue weighted by molar-refractivity contribution is 6.21. The Hall–Kier alpha value is -4.25. The highest BCUT2D eigenvalue weighted by Gasteiger charge is 2.20. The fraction of sp³-hybridized carbons (Fsp3) is 0.138. The molecule has 7 rings (SSSR count). The van der Waals surface area contributed by atoms with Gasteiger partial charge in [-0.3, -0.25) is 9.97 Å². The molecule has 0 aliphatic heterocycles. The Morgan fingerprint density at radius 3 is 2.09 bits per heavy atom. The fourth-order valence-electron chi connectivity index (χ4n) is 5.55. The predicted molar refractivity (Wildman–Crippen MR) is 140 cm³/mol. The Kier molecular flexibility index (Phi) is 4.03. The molecule has 7 aromatic rings. The van der Waals surface area contributed by atoms with Gasteiger partial charge in [0.15, 0.2) is 0 Å². The minimum absolute atomic E-state index is 0.816. The van der Waals surface area contributed by atoms with Gasteiger partial charge in [-0.15, -0.1) is 0 Å². The Morgan fingerprint density at radius 1 is 0.618 bits per heavy atom. The molecule has 0 saturated carbocycles. The monoisotopic (exact) mass is 441 g/mol. The molecule has 0 N–H and O–H groups in total. The van der Waals surface area contributed by atoms with Crippen LogP contribution in [0.5, 0.6) is 0 Å². The molecule has 0 aliphatic rings. The molecular formula is C29H23N5. The minimum atomic E-state index is 0.816. The minimum Gasteiger partial charge on any atom is -0.341 e. The largest absolute Gasteiger partial charge is 0.341 e. The molecule has 5 nitrogen and oxygen atoms in total. The van der Waals surface area contributed by atoms with Gasteiger partial charge in [0.25, 0.3) is 0 Å². The molecule has 4 aromatic heterocycles. The summed E-state index contributed by atoms with van der Waals surface area (Å²) in [4.78, 5) is 14.6. The zero-order valence-corrected chi connectivity index (χ0v) is 19.2. The average molecular weight is 442 g/mol. The summed E-state index contributed by atoms with van der Waals surface area (Å²) < 4.78 is 4.71. The molecule has 164 valence electrons. The topological polar surface area (TPSA) is 48.5 Å². The molecule has 0 fully saturated rings. The van der Waals surface area contributed by atoms with Crippen molar-refractivity contribution in [2.24, 2.45) is 0 Å². The third-order valence-electron chi connectivity index (χ3n) is 6.98. The second-order valence-corrected chi connectivity index (χ2v) is 8.67. The Labute approximate surface area is 196 Å². The van der Waals surface area contributed by atoms with Crippen molar-refractivity contribution in [1.82, 2.24) is 24.1 Å². The van der Waals surface area contributed by atoms with Crippen LogP contribution < -0.4 is 0 Å². The molecule has 0 saturated heterocycles. The van der Waals surface area contributed by atoms with Crippen LogP contribution in [0.1, 0.15) is 13.8 Å². The number of pyridine rings is 2. The lowest BCUT2D eigenvalue weighted by atomic mass is 10.1. The molecule has 0 amide bonds. The van der Waals surface area contributed by atoms with Crippen molar-refractivity contribution in [2.75, 3.05) is 0 Å². The smallest absolute Gasteiger partial charge is 0.141 e. The zero-order valence-electron chi connectivity index (χ0n) is 19.2. The summed E-state index contributed by atoms with van der Waals surface area (Å²) in [6, 6.07) is 23.6. The maximum absolute atomic E-state index is 5.23. The lowest BCUT2D eigenvalue weighted by molar-refractivity contribution is 0.798. The average Bonchev–Trinajstić information content (AvgIpc) is 3.44. The van der Waals surface area contributed by atoms with Gasteiger partial charge < -0.3 is 9.13 Å². The van der Waals surface area contributed by atoms with E-state index in [4.69, 9.17) is 9.97 Å². The van der Waals surface area contributed by atoms with E-state index >= 15 is 0 Å². The molecule has 4 heterocycles. The van der Waals surface area contributed by atoms with E-state index in [-0.39, 0.29) is 0 Å². The van der Waals surface area contributed by atoms with Crippen molar-refractivity contribution in [2.45, 2.75) is 26.9 Å². The Bertz CT molecular complexity index is 1890. The molecule has 5 heteroatoms. The van der Waals surface area contributed by atoms with Crippen molar-refractivity contribution < 1.29 is 0 Å². The van der Waals surface area contributed by atoms with Gasteiger partial charge >= 0.3 is 0 Å². The maximum atomic E-state index is 5.23. The fourth-order valence-corrected chi connectivity index (χ4v) is 5.55. The predicted octanol–water partition coefficient (Wildman–Crippen LogP) is 6.95. The summed E-state index contributed by atoms with van der Waals surface area (Å²) in [6.07, 6.45) is 3.67. The number of para-hydroxylation sites is 1. The van der Waals surface area contributed by atoms with Crippen LogP contribution >= 0.6 is 0 Å². The van der Waals surface area contributed by atoms with E-state index < -0.39 is 0 Å². The van der Waals surface area contributed by atoms with Crippen LogP contribution in [0.2, 0.25) is 0 Å². The van der Waals surface area contributed by atoms with E-state index in [1.165, 1.54) is 21.8 Å². The van der Waals surface area contributed by atoms with E-state index in [0.29, 0.717) is 0 Å². The lowest BCUT2D eigenvalue weighted by Gasteiger charge is -2.09. The van der Waals surface area contributed by atoms with Gasteiger partial charge in [0.1, 0.15) is 5.82 Å². The van der Waals surface area contributed by atoms with Gasteiger partial charge in [-0.05, 0) is 62.4 Å². The quantitative estimate of drug-likeness (QED) is 0.279. The normalized spacial score (nSPS) is 12.1.